The second kappa shape index (κ2) is 7.29. The zero-order chi connectivity index (χ0) is 17.2. The minimum absolute atomic E-state index is 0.0508. The van der Waals surface area contributed by atoms with E-state index in [1.54, 1.807) is 11.3 Å². The highest BCUT2D eigenvalue weighted by atomic mass is 32.1. The van der Waals surface area contributed by atoms with Crippen molar-refractivity contribution in [3.05, 3.63) is 27.8 Å². The van der Waals surface area contributed by atoms with Crippen molar-refractivity contribution in [1.82, 2.24) is 20.4 Å². The predicted octanol–water partition coefficient (Wildman–Crippen LogP) is 3.39. The fourth-order valence-electron chi connectivity index (χ4n) is 2.89. The second-order valence-corrected chi connectivity index (χ2v) is 8.24. The minimum Gasteiger partial charge on any atom is -0.381 e. The summed E-state index contributed by atoms with van der Waals surface area (Å²) in [6.07, 6.45) is 2.01. The lowest BCUT2D eigenvalue weighted by Gasteiger charge is -2.28. The lowest BCUT2D eigenvalue weighted by molar-refractivity contribution is 0.0485. The number of hydrogen-bond acceptors (Lipinski definition) is 7. The van der Waals surface area contributed by atoms with E-state index >= 15 is 0 Å². The van der Waals surface area contributed by atoms with E-state index in [0.29, 0.717) is 24.2 Å². The van der Waals surface area contributed by atoms with Gasteiger partial charge in [-0.05, 0) is 25.7 Å². The number of thiazole rings is 1. The monoisotopic (exact) mass is 350 g/mol. The first-order chi connectivity index (χ1) is 11.4. The third kappa shape index (κ3) is 4.20. The highest BCUT2D eigenvalue weighted by Crippen LogP contribution is 2.30. The summed E-state index contributed by atoms with van der Waals surface area (Å²) in [5.41, 5.74) is 1.16. The molecule has 0 aliphatic carbocycles. The molecule has 0 radical (unpaired) electrons. The summed E-state index contributed by atoms with van der Waals surface area (Å²) in [7, 11) is 0. The molecule has 2 aromatic rings. The van der Waals surface area contributed by atoms with Crippen LogP contribution in [-0.2, 0) is 16.7 Å². The molecule has 0 unspecified atom stereocenters. The maximum absolute atomic E-state index is 5.49. The standard InChI is InChI=1S/C17H26N4O2S/c1-11-19-15(23-21-11)14(12-5-7-22-8-6-12)18-9-13-10-24-16(20-13)17(2,3)4/h10,12,14,18H,5-9H2,1-4H3/t14-/m1/s1. The summed E-state index contributed by atoms with van der Waals surface area (Å²) in [5.74, 6) is 1.79. The third-order valence-electron chi connectivity index (χ3n) is 4.24. The van der Waals surface area contributed by atoms with Crippen molar-refractivity contribution >= 4 is 11.3 Å². The van der Waals surface area contributed by atoms with Gasteiger partial charge in [0.2, 0.25) is 5.89 Å². The summed E-state index contributed by atoms with van der Waals surface area (Å²) < 4.78 is 10.9. The largest absolute Gasteiger partial charge is 0.381 e. The maximum atomic E-state index is 5.49. The fraction of sp³-hybridized carbons (Fsp3) is 0.706. The van der Waals surface area contributed by atoms with Crippen LogP contribution in [0.4, 0.5) is 0 Å². The lowest BCUT2D eigenvalue weighted by atomic mass is 9.91. The fourth-order valence-corrected chi connectivity index (χ4v) is 3.80. The Morgan fingerprint density at radius 2 is 2.04 bits per heavy atom. The SMILES string of the molecule is Cc1noc([C@H](NCc2csc(C(C)(C)C)n2)C2CCOCC2)n1. The summed E-state index contributed by atoms with van der Waals surface area (Å²) in [6.45, 7) is 10.7. The molecule has 1 aliphatic rings. The van der Waals surface area contributed by atoms with Gasteiger partial charge in [-0.2, -0.15) is 4.98 Å². The van der Waals surface area contributed by atoms with Crippen molar-refractivity contribution < 1.29 is 9.26 Å². The van der Waals surface area contributed by atoms with Crippen molar-refractivity contribution in [2.75, 3.05) is 13.2 Å². The van der Waals surface area contributed by atoms with Gasteiger partial charge < -0.3 is 9.26 Å². The molecule has 1 aliphatic heterocycles. The van der Waals surface area contributed by atoms with Crippen LogP contribution in [0.25, 0.3) is 0 Å². The molecular formula is C17H26N4O2S. The first-order valence-electron chi connectivity index (χ1n) is 8.49. The van der Waals surface area contributed by atoms with Crippen LogP contribution in [0, 0.1) is 12.8 Å². The minimum atomic E-state index is 0.0508. The predicted molar refractivity (Wildman–Crippen MR) is 93.0 cm³/mol. The van der Waals surface area contributed by atoms with E-state index in [1.807, 2.05) is 6.92 Å². The average molecular weight is 350 g/mol. The zero-order valence-electron chi connectivity index (χ0n) is 14.8. The molecule has 0 aromatic carbocycles. The van der Waals surface area contributed by atoms with Crippen LogP contribution in [-0.4, -0.2) is 28.3 Å². The van der Waals surface area contributed by atoms with Crippen molar-refractivity contribution in [2.24, 2.45) is 5.92 Å². The van der Waals surface area contributed by atoms with Crippen LogP contribution in [0.5, 0.6) is 0 Å². The Hall–Kier alpha value is -1.31. The lowest BCUT2D eigenvalue weighted by Crippen LogP contribution is -2.32. The number of nitrogens with zero attached hydrogens (tertiary/aromatic N) is 3. The van der Waals surface area contributed by atoms with Crippen LogP contribution in [0.1, 0.15) is 62.1 Å². The van der Waals surface area contributed by atoms with Gasteiger partial charge in [0.05, 0.1) is 16.7 Å². The zero-order valence-corrected chi connectivity index (χ0v) is 15.7. The van der Waals surface area contributed by atoms with Gasteiger partial charge in [0.1, 0.15) is 0 Å². The van der Waals surface area contributed by atoms with E-state index in [-0.39, 0.29) is 11.5 Å². The molecule has 0 bridgehead atoms. The van der Waals surface area contributed by atoms with E-state index < -0.39 is 0 Å². The molecule has 132 valence electrons. The quantitative estimate of drug-likeness (QED) is 0.891. The van der Waals surface area contributed by atoms with Gasteiger partial charge >= 0.3 is 0 Å². The topological polar surface area (TPSA) is 73.1 Å². The maximum Gasteiger partial charge on any atom is 0.244 e. The Labute approximate surface area is 147 Å². The molecule has 3 rings (SSSR count). The van der Waals surface area contributed by atoms with E-state index in [0.717, 1.165) is 36.8 Å². The van der Waals surface area contributed by atoms with Gasteiger partial charge in [-0.1, -0.05) is 25.9 Å². The van der Waals surface area contributed by atoms with Crippen LogP contribution < -0.4 is 5.32 Å². The molecule has 3 heterocycles. The van der Waals surface area contributed by atoms with E-state index in [9.17, 15) is 0 Å². The van der Waals surface area contributed by atoms with Crippen molar-refractivity contribution in [2.45, 2.75) is 58.5 Å². The molecule has 6 nitrogen and oxygen atoms in total. The van der Waals surface area contributed by atoms with Gasteiger partial charge in [0, 0.05) is 30.6 Å². The Morgan fingerprint density at radius 1 is 1.29 bits per heavy atom. The van der Waals surface area contributed by atoms with E-state index in [2.05, 4.69) is 41.6 Å². The molecule has 0 amide bonds. The third-order valence-corrected chi connectivity index (χ3v) is 5.56. The van der Waals surface area contributed by atoms with Gasteiger partial charge in [-0.3, -0.25) is 5.32 Å². The highest BCUT2D eigenvalue weighted by Gasteiger charge is 2.29. The first-order valence-corrected chi connectivity index (χ1v) is 9.37. The van der Waals surface area contributed by atoms with Crippen molar-refractivity contribution in [1.29, 1.82) is 0 Å². The number of aromatic nitrogens is 3. The average Bonchev–Trinajstić information content (AvgIpc) is 3.18. The van der Waals surface area contributed by atoms with Crippen molar-refractivity contribution in [3.63, 3.8) is 0 Å². The van der Waals surface area contributed by atoms with Crippen LogP contribution >= 0.6 is 11.3 Å². The molecule has 2 aromatic heterocycles. The number of ether oxygens (including phenoxy) is 1. The number of aryl methyl sites for hydroxylation is 1. The van der Waals surface area contributed by atoms with Gasteiger partial charge in [0.25, 0.3) is 0 Å². The van der Waals surface area contributed by atoms with Gasteiger partial charge in [-0.15, -0.1) is 11.3 Å². The molecule has 24 heavy (non-hydrogen) atoms. The summed E-state index contributed by atoms with van der Waals surface area (Å²) in [5, 5.41) is 10.8. The van der Waals surface area contributed by atoms with Gasteiger partial charge in [-0.25, -0.2) is 4.98 Å². The Bertz CT molecular complexity index is 656. The molecule has 0 spiro atoms. The Balaban J connectivity index is 1.71. The summed E-state index contributed by atoms with van der Waals surface area (Å²) >= 11 is 1.72. The Kier molecular flexibility index (Phi) is 5.32. The number of nitrogens with one attached hydrogen (secondary N) is 1. The van der Waals surface area contributed by atoms with Crippen LogP contribution in [0.2, 0.25) is 0 Å². The van der Waals surface area contributed by atoms with Gasteiger partial charge in [0.15, 0.2) is 5.82 Å². The molecule has 1 atom stereocenters. The highest BCUT2D eigenvalue weighted by molar-refractivity contribution is 7.09. The van der Waals surface area contributed by atoms with Crippen LogP contribution in [0.15, 0.2) is 9.90 Å². The van der Waals surface area contributed by atoms with Crippen LogP contribution in [0.3, 0.4) is 0 Å². The first kappa shape index (κ1) is 17.5. The van der Waals surface area contributed by atoms with Crippen molar-refractivity contribution in [3.8, 4) is 0 Å². The second-order valence-electron chi connectivity index (χ2n) is 7.38. The summed E-state index contributed by atoms with van der Waals surface area (Å²) in [6, 6.07) is 0.0508. The molecule has 7 heteroatoms. The number of rotatable bonds is 5. The van der Waals surface area contributed by atoms with E-state index in [4.69, 9.17) is 14.2 Å². The van der Waals surface area contributed by atoms with E-state index in [1.165, 1.54) is 0 Å². The molecule has 1 N–H and O–H groups in total. The molecule has 1 saturated heterocycles. The molecule has 0 saturated carbocycles. The summed E-state index contributed by atoms with van der Waals surface area (Å²) in [4.78, 5) is 9.21. The molecular weight excluding hydrogens is 324 g/mol. The normalized spacial score (nSPS) is 18.0. The smallest absolute Gasteiger partial charge is 0.244 e. The molecule has 1 fully saturated rings. The Morgan fingerprint density at radius 3 is 2.62 bits per heavy atom. The number of hydrogen-bond donors (Lipinski definition) is 1.